The summed E-state index contributed by atoms with van der Waals surface area (Å²) in [4.78, 5) is 14.2. The number of benzene rings is 1. The van der Waals surface area contributed by atoms with Gasteiger partial charge in [-0.2, -0.15) is 0 Å². The van der Waals surface area contributed by atoms with E-state index >= 15 is 0 Å². The van der Waals surface area contributed by atoms with Gasteiger partial charge in [-0.15, -0.1) is 0 Å². The summed E-state index contributed by atoms with van der Waals surface area (Å²) in [7, 11) is 1.59. The highest BCUT2D eigenvalue weighted by Crippen LogP contribution is 2.32. The van der Waals surface area contributed by atoms with E-state index in [-0.39, 0.29) is 11.7 Å². The van der Waals surface area contributed by atoms with Gasteiger partial charge < -0.3 is 19.3 Å². The Morgan fingerprint density at radius 1 is 1.30 bits per heavy atom. The van der Waals surface area contributed by atoms with Crippen LogP contribution in [-0.2, 0) is 0 Å². The molecule has 1 aromatic heterocycles. The van der Waals surface area contributed by atoms with Crippen molar-refractivity contribution >= 4 is 5.91 Å². The van der Waals surface area contributed by atoms with Crippen LogP contribution in [0.15, 0.2) is 28.8 Å². The number of rotatable bonds is 6. The number of ether oxygens (including phenoxy) is 1. The van der Waals surface area contributed by atoms with Crippen LogP contribution >= 0.6 is 0 Å². The Bertz CT molecular complexity index is 658. The van der Waals surface area contributed by atoms with Crippen LogP contribution in [0.3, 0.4) is 0 Å². The fourth-order valence-corrected chi connectivity index (χ4v) is 2.45. The summed E-state index contributed by atoms with van der Waals surface area (Å²) in [6.45, 7) is 6.51. The summed E-state index contributed by atoms with van der Waals surface area (Å²) in [5, 5.41) is 14.1. The maximum absolute atomic E-state index is 12.5. The van der Waals surface area contributed by atoms with E-state index in [0.717, 1.165) is 11.3 Å². The Morgan fingerprint density at radius 2 is 1.91 bits per heavy atom. The summed E-state index contributed by atoms with van der Waals surface area (Å²) < 4.78 is 10.4. The predicted molar refractivity (Wildman–Crippen MR) is 86.4 cm³/mol. The van der Waals surface area contributed by atoms with Crippen molar-refractivity contribution in [3.8, 4) is 17.0 Å². The number of hydrogen-bond acceptors (Lipinski definition) is 5. The molecule has 0 aliphatic heterocycles. The number of hydrogen-bond donors (Lipinski definition) is 1. The second-order valence-corrected chi connectivity index (χ2v) is 5.16. The number of methoxy groups -OCH3 is 1. The van der Waals surface area contributed by atoms with E-state index in [2.05, 4.69) is 5.16 Å². The molecule has 2 rings (SSSR count). The van der Waals surface area contributed by atoms with Gasteiger partial charge in [0.1, 0.15) is 11.4 Å². The van der Waals surface area contributed by atoms with Crippen molar-refractivity contribution in [3.05, 3.63) is 35.6 Å². The molecule has 0 aliphatic rings. The lowest BCUT2D eigenvalue weighted by molar-refractivity contribution is 0.0722. The summed E-state index contributed by atoms with van der Waals surface area (Å²) >= 11 is 0. The molecule has 6 heteroatoms. The Kier molecular flexibility index (Phi) is 5.39. The van der Waals surface area contributed by atoms with Gasteiger partial charge in [0.15, 0.2) is 0 Å². The number of carbonyl (C=O) groups is 1. The first-order valence-corrected chi connectivity index (χ1v) is 7.64. The largest absolute Gasteiger partial charge is 0.497 e. The lowest BCUT2D eigenvalue weighted by Gasteiger charge is -2.17. The second kappa shape index (κ2) is 7.28. The highest BCUT2D eigenvalue weighted by molar-refractivity contribution is 5.94. The molecule has 0 fully saturated rings. The monoisotopic (exact) mass is 318 g/mol. The highest BCUT2D eigenvalue weighted by atomic mass is 16.5. The predicted octanol–water partition coefficient (Wildman–Crippen LogP) is 2.89. The number of amides is 1. The fourth-order valence-electron chi connectivity index (χ4n) is 2.45. The number of nitrogens with zero attached hydrogens (tertiary/aromatic N) is 2. The van der Waals surface area contributed by atoms with Crippen LogP contribution in [0.1, 0.15) is 43.0 Å². The lowest BCUT2D eigenvalue weighted by atomic mass is 10.0. The summed E-state index contributed by atoms with van der Waals surface area (Å²) in [5.41, 5.74) is 1.63. The number of aromatic nitrogens is 1. The third-order valence-electron chi connectivity index (χ3n) is 3.75. The SMILES string of the molecule is CCN(CC)C(=O)c1onc(-c2ccc(OC)cc2)c1C(C)O. The van der Waals surface area contributed by atoms with Gasteiger partial charge in [-0.05, 0) is 45.0 Å². The summed E-state index contributed by atoms with van der Waals surface area (Å²) in [6, 6.07) is 7.21. The maximum Gasteiger partial charge on any atom is 0.292 e. The van der Waals surface area contributed by atoms with Crippen molar-refractivity contribution in [2.75, 3.05) is 20.2 Å². The van der Waals surface area contributed by atoms with Gasteiger partial charge in [0.25, 0.3) is 5.91 Å². The molecule has 0 aliphatic carbocycles. The van der Waals surface area contributed by atoms with Gasteiger partial charge in [-0.25, -0.2) is 0 Å². The molecular weight excluding hydrogens is 296 g/mol. The van der Waals surface area contributed by atoms with Crippen molar-refractivity contribution in [3.63, 3.8) is 0 Å². The standard InChI is InChI=1S/C17H22N2O4/c1-5-19(6-2)17(21)16-14(11(3)20)15(18-23-16)12-7-9-13(22-4)10-8-12/h7-11,20H,5-6H2,1-4H3. The molecule has 1 atom stereocenters. The second-order valence-electron chi connectivity index (χ2n) is 5.16. The summed E-state index contributed by atoms with van der Waals surface area (Å²) in [6.07, 6.45) is -0.868. The molecule has 0 spiro atoms. The zero-order valence-corrected chi connectivity index (χ0v) is 13.9. The van der Waals surface area contributed by atoms with E-state index in [1.54, 1.807) is 31.1 Å². The first kappa shape index (κ1) is 17.0. The van der Waals surface area contributed by atoms with Gasteiger partial charge in [0, 0.05) is 18.7 Å². The average Bonchev–Trinajstić information content (AvgIpc) is 3.01. The fraction of sp³-hybridized carbons (Fsp3) is 0.412. The van der Waals surface area contributed by atoms with E-state index in [9.17, 15) is 9.90 Å². The third-order valence-corrected chi connectivity index (χ3v) is 3.75. The van der Waals surface area contributed by atoms with Crippen LogP contribution in [0.4, 0.5) is 0 Å². The molecule has 0 bridgehead atoms. The lowest BCUT2D eigenvalue weighted by Crippen LogP contribution is -2.31. The molecule has 1 N–H and O–H groups in total. The zero-order chi connectivity index (χ0) is 17.0. The number of carbonyl (C=O) groups excluding carboxylic acids is 1. The smallest absolute Gasteiger partial charge is 0.292 e. The molecular formula is C17H22N2O4. The van der Waals surface area contributed by atoms with Crippen molar-refractivity contribution in [1.82, 2.24) is 10.1 Å². The van der Waals surface area contributed by atoms with Crippen LogP contribution in [0.2, 0.25) is 0 Å². The van der Waals surface area contributed by atoms with Crippen molar-refractivity contribution in [2.45, 2.75) is 26.9 Å². The van der Waals surface area contributed by atoms with E-state index in [4.69, 9.17) is 9.26 Å². The Hall–Kier alpha value is -2.34. The van der Waals surface area contributed by atoms with Crippen LogP contribution in [0.5, 0.6) is 5.75 Å². The van der Waals surface area contributed by atoms with Crippen LogP contribution in [0.25, 0.3) is 11.3 Å². The number of aliphatic hydroxyl groups is 1. The Morgan fingerprint density at radius 3 is 2.39 bits per heavy atom. The van der Waals surface area contributed by atoms with Gasteiger partial charge in [0.2, 0.25) is 5.76 Å². The van der Waals surface area contributed by atoms with Crippen LogP contribution in [0, 0.1) is 0 Å². The van der Waals surface area contributed by atoms with Crippen molar-refractivity contribution in [1.29, 1.82) is 0 Å². The molecule has 0 saturated carbocycles. The minimum Gasteiger partial charge on any atom is -0.497 e. The van der Waals surface area contributed by atoms with Gasteiger partial charge >= 0.3 is 0 Å². The molecule has 0 saturated heterocycles. The normalized spacial score (nSPS) is 12.0. The Labute approximate surface area is 135 Å². The Balaban J connectivity index is 2.47. The molecule has 1 aromatic carbocycles. The summed E-state index contributed by atoms with van der Waals surface area (Å²) in [5.74, 6) is 0.544. The topological polar surface area (TPSA) is 75.8 Å². The molecule has 1 amide bonds. The van der Waals surface area contributed by atoms with Gasteiger partial charge in [-0.1, -0.05) is 5.16 Å². The van der Waals surface area contributed by atoms with E-state index < -0.39 is 6.10 Å². The number of aliphatic hydroxyl groups excluding tert-OH is 1. The maximum atomic E-state index is 12.5. The van der Waals surface area contributed by atoms with Gasteiger partial charge in [-0.3, -0.25) is 4.79 Å². The third kappa shape index (κ3) is 3.37. The minimum absolute atomic E-state index is 0.0921. The van der Waals surface area contributed by atoms with Crippen molar-refractivity contribution in [2.24, 2.45) is 0 Å². The molecule has 23 heavy (non-hydrogen) atoms. The quantitative estimate of drug-likeness (QED) is 0.886. The first-order valence-electron chi connectivity index (χ1n) is 7.64. The highest BCUT2D eigenvalue weighted by Gasteiger charge is 2.28. The molecule has 0 radical (unpaired) electrons. The minimum atomic E-state index is -0.868. The average molecular weight is 318 g/mol. The van der Waals surface area contributed by atoms with Crippen LogP contribution in [-0.4, -0.2) is 41.3 Å². The molecule has 1 heterocycles. The van der Waals surface area contributed by atoms with Crippen LogP contribution < -0.4 is 4.74 Å². The molecule has 2 aromatic rings. The molecule has 1 unspecified atom stereocenters. The van der Waals surface area contributed by atoms with Crippen molar-refractivity contribution < 1.29 is 19.2 Å². The first-order chi connectivity index (χ1) is 11.0. The zero-order valence-electron chi connectivity index (χ0n) is 13.9. The molecule has 124 valence electrons. The van der Waals surface area contributed by atoms with E-state index in [1.807, 2.05) is 26.0 Å². The molecule has 6 nitrogen and oxygen atoms in total. The van der Waals surface area contributed by atoms with E-state index in [0.29, 0.717) is 24.3 Å². The van der Waals surface area contributed by atoms with Gasteiger partial charge in [0.05, 0.1) is 18.8 Å². The van der Waals surface area contributed by atoms with E-state index in [1.165, 1.54) is 0 Å².